The monoisotopic (exact) mass is 657 g/mol. The van der Waals surface area contributed by atoms with E-state index in [2.05, 4.69) is 21.2 Å². The van der Waals surface area contributed by atoms with Gasteiger partial charge < -0.3 is 5.32 Å². The Morgan fingerprint density at radius 1 is 0.950 bits per heavy atom. The fourth-order valence-electron chi connectivity index (χ4n) is 5.01. The molecule has 2 aliphatic heterocycles. The van der Waals surface area contributed by atoms with Gasteiger partial charge in [0.05, 0.1) is 16.6 Å². The maximum Gasteiger partial charge on any atom is 0.308 e. The van der Waals surface area contributed by atoms with E-state index in [0.29, 0.717) is 26.3 Å². The lowest BCUT2D eigenvalue weighted by Crippen LogP contribution is -2.33. The molecule has 1 saturated heterocycles. The molecule has 1 fully saturated rings. The normalized spacial score (nSPS) is 19.9. The standard InChI is InChI=1S/C28H18BrClFN3O4S2/c29-15-3-11-19(12-4-15)34-25(36)22-21(14-1-5-16(30)6-2-14)24-27(39-23(22)26(34)37)33(28(38)40-24)13-20(35)32-18-9-7-17(31)8-10-18/h1-12,21-23H,13H2,(H,32,35)/t21-,22+,23-/m0/s1. The van der Waals surface area contributed by atoms with Crippen LogP contribution in [-0.2, 0) is 20.9 Å². The Kier molecular flexibility index (Phi) is 7.16. The van der Waals surface area contributed by atoms with Crippen LogP contribution in [0.2, 0.25) is 5.02 Å². The number of benzene rings is 3. The highest BCUT2D eigenvalue weighted by atomic mass is 79.9. The minimum Gasteiger partial charge on any atom is -0.325 e. The lowest BCUT2D eigenvalue weighted by atomic mass is 9.83. The van der Waals surface area contributed by atoms with Gasteiger partial charge in [-0.25, -0.2) is 9.29 Å². The molecule has 3 aromatic carbocycles. The van der Waals surface area contributed by atoms with Crippen molar-refractivity contribution in [1.29, 1.82) is 0 Å². The number of fused-ring (bicyclic) bond motifs is 2. The molecule has 0 spiro atoms. The summed E-state index contributed by atoms with van der Waals surface area (Å²) in [4.78, 5) is 55.1. The number of aromatic nitrogens is 1. The fourth-order valence-corrected chi connectivity index (χ4v) is 8.17. The van der Waals surface area contributed by atoms with Gasteiger partial charge in [0, 0.05) is 26.0 Å². The van der Waals surface area contributed by atoms with Gasteiger partial charge in [0.25, 0.3) is 0 Å². The summed E-state index contributed by atoms with van der Waals surface area (Å²) >= 11 is 11.6. The molecule has 3 heterocycles. The Bertz CT molecular complexity index is 1710. The number of amides is 3. The summed E-state index contributed by atoms with van der Waals surface area (Å²) in [5, 5.41) is 2.86. The number of carbonyl (C=O) groups is 3. The second-order valence-corrected chi connectivity index (χ2v) is 12.7. The second-order valence-electron chi connectivity index (χ2n) is 9.26. The van der Waals surface area contributed by atoms with E-state index in [1.807, 2.05) is 0 Å². The predicted molar refractivity (Wildman–Crippen MR) is 157 cm³/mol. The minimum absolute atomic E-state index is 0.307. The van der Waals surface area contributed by atoms with Gasteiger partial charge in [-0.15, -0.1) is 0 Å². The lowest BCUT2D eigenvalue weighted by molar-refractivity contribution is -0.122. The molecule has 40 heavy (non-hydrogen) atoms. The Morgan fingerprint density at radius 3 is 2.30 bits per heavy atom. The van der Waals surface area contributed by atoms with Gasteiger partial charge in [-0.05, 0) is 66.2 Å². The van der Waals surface area contributed by atoms with Crippen molar-refractivity contribution in [2.75, 3.05) is 10.2 Å². The molecule has 3 amide bonds. The van der Waals surface area contributed by atoms with Crippen LogP contribution in [0.3, 0.4) is 0 Å². The smallest absolute Gasteiger partial charge is 0.308 e. The maximum atomic E-state index is 13.9. The number of rotatable bonds is 5. The summed E-state index contributed by atoms with van der Waals surface area (Å²) in [5.41, 5.74) is 1.59. The van der Waals surface area contributed by atoms with E-state index >= 15 is 0 Å². The summed E-state index contributed by atoms with van der Waals surface area (Å²) in [5.74, 6) is -2.99. The summed E-state index contributed by atoms with van der Waals surface area (Å²) in [6.07, 6.45) is 0. The molecule has 0 unspecified atom stereocenters. The number of thioether (sulfide) groups is 1. The second kappa shape index (κ2) is 10.6. The molecule has 6 rings (SSSR count). The molecule has 7 nitrogen and oxygen atoms in total. The van der Waals surface area contributed by atoms with E-state index in [0.717, 1.165) is 33.1 Å². The summed E-state index contributed by atoms with van der Waals surface area (Å²) in [6, 6.07) is 19.2. The highest BCUT2D eigenvalue weighted by Gasteiger charge is 2.56. The van der Waals surface area contributed by atoms with Crippen molar-refractivity contribution in [2.24, 2.45) is 5.92 Å². The average molecular weight is 659 g/mol. The van der Waals surface area contributed by atoms with Gasteiger partial charge in [-0.1, -0.05) is 62.8 Å². The van der Waals surface area contributed by atoms with Crippen LogP contribution in [0.25, 0.3) is 0 Å². The van der Waals surface area contributed by atoms with Crippen molar-refractivity contribution in [3.05, 3.63) is 108 Å². The third-order valence-electron chi connectivity index (χ3n) is 6.79. The highest BCUT2D eigenvalue weighted by Crippen LogP contribution is 2.54. The van der Waals surface area contributed by atoms with Gasteiger partial charge in [-0.2, -0.15) is 0 Å². The number of halogens is 3. The third kappa shape index (κ3) is 4.81. The summed E-state index contributed by atoms with van der Waals surface area (Å²) in [6.45, 7) is -0.307. The van der Waals surface area contributed by atoms with Crippen LogP contribution in [0.5, 0.6) is 0 Å². The van der Waals surface area contributed by atoms with Crippen molar-refractivity contribution in [1.82, 2.24) is 4.57 Å². The van der Waals surface area contributed by atoms with Crippen LogP contribution in [0.4, 0.5) is 15.8 Å². The van der Waals surface area contributed by atoms with Crippen molar-refractivity contribution < 1.29 is 18.8 Å². The van der Waals surface area contributed by atoms with Crippen molar-refractivity contribution in [3.8, 4) is 0 Å². The van der Waals surface area contributed by atoms with Crippen molar-refractivity contribution in [3.63, 3.8) is 0 Å². The number of thiazole rings is 1. The third-order valence-corrected chi connectivity index (χ3v) is 10.2. The van der Waals surface area contributed by atoms with Crippen LogP contribution in [0, 0.1) is 11.7 Å². The van der Waals surface area contributed by atoms with Gasteiger partial charge in [-0.3, -0.25) is 23.7 Å². The number of anilines is 2. The largest absolute Gasteiger partial charge is 0.325 e. The van der Waals surface area contributed by atoms with E-state index in [1.165, 1.54) is 33.7 Å². The first-order chi connectivity index (χ1) is 19.2. The molecule has 4 aromatic rings. The Labute approximate surface area is 249 Å². The zero-order chi connectivity index (χ0) is 28.1. The van der Waals surface area contributed by atoms with Crippen LogP contribution < -0.4 is 15.1 Å². The molecule has 12 heteroatoms. The number of nitrogens with one attached hydrogen (secondary N) is 1. The highest BCUT2D eigenvalue weighted by molar-refractivity contribution is 9.10. The first-order valence-electron chi connectivity index (χ1n) is 12.1. The molecule has 1 N–H and O–H groups in total. The lowest BCUT2D eigenvalue weighted by Gasteiger charge is -2.30. The number of carbonyl (C=O) groups excluding carboxylic acids is 3. The first kappa shape index (κ1) is 26.9. The van der Waals surface area contributed by atoms with Crippen molar-refractivity contribution in [2.45, 2.75) is 22.7 Å². The minimum atomic E-state index is -0.801. The quantitative estimate of drug-likeness (QED) is 0.270. The number of hydrogen-bond donors (Lipinski definition) is 1. The van der Waals surface area contributed by atoms with E-state index in [4.69, 9.17) is 11.6 Å². The van der Waals surface area contributed by atoms with Crippen LogP contribution in [-0.4, -0.2) is 27.5 Å². The molecule has 0 bridgehead atoms. The Hall–Kier alpha value is -3.25. The van der Waals surface area contributed by atoms with Crippen LogP contribution in [0.15, 0.2) is 87.1 Å². The fraction of sp³-hybridized carbons (Fsp3) is 0.143. The maximum absolute atomic E-state index is 13.9. The zero-order valence-electron chi connectivity index (χ0n) is 20.3. The number of imide groups is 1. The van der Waals surface area contributed by atoms with Gasteiger partial charge >= 0.3 is 4.87 Å². The SMILES string of the molecule is O=C(Cn1c2c(sc1=O)[C@@H](c1ccc(Cl)cc1)[C@H]1C(=O)N(c3ccc(Br)cc3)C(=O)[C@H]1S2)Nc1ccc(F)cc1. The Balaban J connectivity index is 1.40. The van der Waals surface area contributed by atoms with Gasteiger partial charge in [0.1, 0.15) is 17.6 Å². The average Bonchev–Trinajstić information content (AvgIpc) is 3.37. The molecule has 1 aromatic heterocycles. The number of nitrogens with zero attached hydrogens (tertiary/aromatic N) is 2. The molecule has 3 atom stereocenters. The Morgan fingerprint density at radius 2 is 1.62 bits per heavy atom. The van der Waals surface area contributed by atoms with Crippen LogP contribution in [0.1, 0.15) is 16.4 Å². The topological polar surface area (TPSA) is 88.5 Å². The molecule has 0 saturated carbocycles. The van der Waals surface area contributed by atoms with Gasteiger partial charge in [0.2, 0.25) is 17.7 Å². The van der Waals surface area contributed by atoms with Crippen molar-refractivity contribution >= 4 is 79.7 Å². The molecular formula is C28H18BrClFN3O4S2. The van der Waals surface area contributed by atoms with E-state index < -0.39 is 28.8 Å². The predicted octanol–water partition coefficient (Wildman–Crippen LogP) is 5.90. The van der Waals surface area contributed by atoms with Gasteiger partial charge in [0.15, 0.2) is 0 Å². The summed E-state index contributed by atoms with van der Waals surface area (Å²) in [7, 11) is 0. The van der Waals surface area contributed by atoms with E-state index in [-0.39, 0.29) is 23.2 Å². The molecule has 0 radical (unpaired) electrons. The molecule has 202 valence electrons. The van der Waals surface area contributed by atoms with E-state index in [1.54, 1.807) is 48.5 Å². The van der Waals surface area contributed by atoms with Crippen LogP contribution >= 0.6 is 50.6 Å². The number of hydrogen-bond acceptors (Lipinski definition) is 6. The molecule has 2 aliphatic rings. The summed E-state index contributed by atoms with van der Waals surface area (Å²) < 4.78 is 15.4. The molecule has 0 aliphatic carbocycles. The zero-order valence-corrected chi connectivity index (χ0v) is 24.3. The molecular weight excluding hydrogens is 641 g/mol. The first-order valence-corrected chi connectivity index (χ1v) is 14.9. The van der Waals surface area contributed by atoms with E-state index in [9.17, 15) is 23.6 Å².